The van der Waals surface area contributed by atoms with Crippen LogP contribution in [0.2, 0.25) is 0 Å². The topological polar surface area (TPSA) is 84.9 Å². The van der Waals surface area contributed by atoms with Crippen molar-refractivity contribution in [3.05, 3.63) is 131 Å². The van der Waals surface area contributed by atoms with Crippen molar-refractivity contribution in [3.8, 4) is 11.5 Å². The summed E-state index contributed by atoms with van der Waals surface area (Å²) in [5.41, 5.74) is 1.85. The molecule has 194 valence electrons. The molecule has 6 nitrogen and oxygen atoms in total. The van der Waals surface area contributed by atoms with E-state index in [1.165, 1.54) is 6.07 Å². The maximum Gasteiger partial charge on any atom is 0.326 e. The number of benzene rings is 4. The standard InChI is InChI=1S/C30H25F2NO5/c31-24-13-7-12-23(28(24)32)29(34)33-25(30(35)36)16-22-14-15-26(37-18-20-8-3-1-4-9-20)27(17-22)38-19-21-10-5-2-6-11-21/h1-15,17,25H,16,18-19H2,(H,33,34)(H,35,36)/t25-/m1/s1. The number of amides is 1. The third-order valence-corrected chi connectivity index (χ3v) is 5.72. The Balaban J connectivity index is 1.53. The van der Waals surface area contributed by atoms with Crippen molar-refractivity contribution in [3.63, 3.8) is 0 Å². The van der Waals surface area contributed by atoms with Gasteiger partial charge in [0, 0.05) is 6.42 Å². The van der Waals surface area contributed by atoms with Crippen molar-refractivity contribution >= 4 is 11.9 Å². The van der Waals surface area contributed by atoms with E-state index in [1.54, 1.807) is 18.2 Å². The molecular weight excluding hydrogens is 492 g/mol. The number of carboxylic acids is 1. The predicted octanol–water partition coefficient (Wildman–Crippen LogP) is 5.55. The first kappa shape index (κ1) is 26.3. The van der Waals surface area contributed by atoms with Gasteiger partial charge < -0.3 is 19.9 Å². The van der Waals surface area contributed by atoms with Gasteiger partial charge in [-0.05, 0) is 41.0 Å². The molecule has 1 amide bonds. The van der Waals surface area contributed by atoms with Gasteiger partial charge in [0.25, 0.3) is 5.91 Å². The number of nitrogens with one attached hydrogen (secondary N) is 1. The minimum atomic E-state index is -1.40. The Labute approximate surface area is 218 Å². The SMILES string of the molecule is O=C(N[C@H](Cc1ccc(OCc2ccccc2)c(OCc2ccccc2)c1)C(=O)O)c1cccc(F)c1F. The Morgan fingerprint density at radius 3 is 1.95 bits per heavy atom. The minimum Gasteiger partial charge on any atom is -0.485 e. The van der Waals surface area contributed by atoms with Gasteiger partial charge in [-0.15, -0.1) is 0 Å². The maximum atomic E-state index is 14.0. The molecule has 0 bridgehead atoms. The molecule has 0 heterocycles. The van der Waals surface area contributed by atoms with Gasteiger partial charge in [0.15, 0.2) is 23.1 Å². The van der Waals surface area contributed by atoms with Crippen LogP contribution in [0.5, 0.6) is 11.5 Å². The molecule has 8 heteroatoms. The number of ether oxygens (including phenoxy) is 2. The van der Waals surface area contributed by atoms with Crippen LogP contribution in [0.25, 0.3) is 0 Å². The summed E-state index contributed by atoms with van der Waals surface area (Å²) in [4.78, 5) is 24.4. The Bertz CT molecular complexity index is 1400. The summed E-state index contributed by atoms with van der Waals surface area (Å²) in [5, 5.41) is 12.0. The Kier molecular flexibility index (Phi) is 8.66. The Hall–Kier alpha value is -4.72. The van der Waals surface area contributed by atoms with Crippen LogP contribution in [0.3, 0.4) is 0 Å². The maximum absolute atomic E-state index is 14.0. The highest BCUT2D eigenvalue weighted by molar-refractivity contribution is 5.96. The molecule has 0 saturated heterocycles. The Morgan fingerprint density at radius 2 is 1.34 bits per heavy atom. The summed E-state index contributed by atoms with van der Waals surface area (Å²) in [5.74, 6) is -4.04. The number of rotatable bonds is 11. The van der Waals surface area contributed by atoms with Gasteiger partial charge in [0.05, 0.1) is 5.56 Å². The number of hydrogen-bond acceptors (Lipinski definition) is 4. The summed E-state index contributed by atoms with van der Waals surface area (Å²) in [7, 11) is 0. The number of hydrogen-bond donors (Lipinski definition) is 2. The van der Waals surface area contributed by atoms with E-state index in [9.17, 15) is 23.5 Å². The molecule has 0 aliphatic carbocycles. The van der Waals surface area contributed by atoms with E-state index in [0.29, 0.717) is 23.7 Å². The highest BCUT2D eigenvalue weighted by atomic mass is 19.2. The first-order valence-electron chi connectivity index (χ1n) is 11.8. The zero-order valence-corrected chi connectivity index (χ0v) is 20.3. The van der Waals surface area contributed by atoms with Crippen LogP contribution in [0, 0.1) is 11.6 Å². The summed E-state index contributed by atoms with van der Waals surface area (Å²) in [6.45, 7) is 0.554. The lowest BCUT2D eigenvalue weighted by atomic mass is 10.0. The quantitative estimate of drug-likeness (QED) is 0.273. The van der Waals surface area contributed by atoms with E-state index in [-0.39, 0.29) is 13.0 Å². The Morgan fingerprint density at radius 1 is 0.737 bits per heavy atom. The molecule has 38 heavy (non-hydrogen) atoms. The molecule has 0 aliphatic rings. The van der Waals surface area contributed by atoms with Crippen molar-refractivity contribution in [1.29, 1.82) is 0 Å². The third-order valence-electron chi connectivity index (χ3n) is 5.72. The second-order valence-corrected chi connectivity index (χ2v) is 8.50. The average Bonchev–Trinajstić information content (AvgIpc) is 2.93. The summed E-state index contributed by atoms with van der Waals surface area (Å²) in [6.07, 6.45) is -0.126. The van der Waals surface area contributed by atoms with Gasteiger partial charge in [-0.3, -0.25) is 4.79 Å². The smallest absolute Gasteiger partial charge is 0.326 e. The van der Waals surface area contributed by atoms with Gasteiger partial charge >= 0.3 is 5.97 Å². The monoisotopic (exact) mass is 517 g/mol. The predicted molar refractivity (Wildman–Crippen MR) is 137 cm³/mol. The largest absolute Gasteiger partial charge is 0.485 e. The van der Waals surface area contributed by atoms with Gasteiger partial charge in [-0.25, -0.2) is 13.6 Å². The highest BCUT2D eigenvalue weighted by Crippen LogP contribution is 2.31. The number of halogens is 2. The van der Waals surface area contributed by atoms with Crippen LogP contribution in [0.1, 0.15) is 27.0 Å². The normalized spacial score (nSPS) is 11.4. The molecule has 4 aromatic carbocycles. The van der Waals surface area contributed by atoms with Crippen molar-refractivity contribution in [2.45, 2.75) is 25.7 Å². The van der Waals surface area contributed by atoms with Crippen molar-refractivity contribution in [1.82, 2.24) is 5.32 Å². The van der Waals surface area contributed by atoms with E-state index in [4.69, 9.17) is 9.47 Å². The van der Waals surface area contributed by atoms with E-state index >= 15 is 0 Å². The van der Waals surface area contributed by atoms with Crippen LogP contribution < -0.4 is 14.8 Å². The molecular formula is C30H25F2NO5. The molecule has 1 atom stereocenters. The van der Waals surface area contributed by atoms with Gasteiger partial charge in [-0.1, -0.05) is 72.8 Å². The lowest BCUT2D eigenvalue weighted by molar-refractivity contribution is -0.139. The van der Waals surface area contributed by atoms with Gasteiger partial charge in [-0.2, -0.15) is 0 Å². The number of aliphatic carboxylic acids is 1. The fraction of sp³-hybridized carbons (Fsp3) is 0.133. The van der Waals surface area contributed by atoms with Crippen molar-refractivity contribution < 1.29 is 33.0 Å². The minimum absolute atomic E-state index is 0.126. The van der Waals surface area contributed by atoms with Crippen LogP contribution in [0.4, 0.5) is 8.78 Å². The zero-order chi connectivity index (χ0) is 26.9. The summed E-state index contributed by atoms with van der Waals surface area (Å²) in [6, 6.07) is 25.8. The van der Waals surface area contributed by atoms with Crippen LogP contribution in [-0.2, 0) is 24.4 Å². The van der Waals surface area contributed by atoms with Gasteiger partial charge in [0.1, 0.15) is 19.3 Å². The first-order valence-corrected chi connectivity index (χ1v) is 11.8. The summed E-state index contributed by atoms with van der Waals surface area (Å²) < 4.78 is 39.6. The van der Waals surface area contributed by atoms with Crippen LogP contribution in [-0.4, -0.2) is 23.0 Å². The van der Waals surface area contributed by atoms with Crippen molar-refractivity contribution in [2.24, 2.45) is 0 Å². The van der Waals surface area contributed by atoms with Crippen LogP contribution in [0.15, 0.2) is 97.1 Å². The number of carbonyl (C=O) groups excluding carboxylic acids is 1. The zero-order valence-electron chi connectivity index (χ0n) is 20.3. The molecule has 0 fully saturated rings. The van der Waals surface area contributed by atoms with E-state index < -0.39 is 35.1 Å². The molecule has 0 unspecified atom stereocenters. The fourth-order valence-electron chi connectivity index (χ4n) is 3.73. The number of carboxylic acid groups (broad SMARTS) is 1. The molecule has 0 saturated carbocycles. The van der Waals surface area contributed by atoms with E-state index in [0.717, 1.165) is 23.3 Å². The lowest BCUT2D eigenvalue weighted by Gasteiger charge is -2.18. The molecule has 4 rings (SSSR count). The third kappa shape index (κ3) is 6.94. The average molecular weight is 518 g/mol. The fourth-order valence-corrected chi connectivity index (χ4v) is 3.73. The highest BCUT2D eigenvalue weighted by Gasteiger charge is 2.24. The van der Waals surface area contributed by atoms with E-state index in [2.05, 4.69) is 5.32 Å². The molecule has 0 aromatic heterocycles. The molecule has 0 radical (unpaired) electrons. The second kappa shape index (κ2) is 12.5. The summed E-state index contributed by atoms with van der Waals surface area (Å²) >= 11 is 0. The molecule has 0 spiro atoms. The molecule has 0 aliphatic heterocycles. The first-order chi connectivity index (χ1) is 18.4. The van der Waals surface area contributed by atoms with Gasteiger partial charge in [0.2, 0.25) is 0 Å². The second-order valence-electron chi connectivity index (χ2n) is 8.50. The molecule has 4 aromatic rings. The lowest BCUT2D eigenvalue weighted by Crippen LogP contribution is -2.42. The van der Waals surface area contributed by atoms with Crippen LogP contribution >= 0.6 is 0 Å². The van der Waals surface area contributed by atoms with Crippen molar-refractivity contribution in [2.75, 3.05) is 0 Å². The van der Waals surface area contributed by atoms with E-state index in [1.807, 2.05) is 60.7 Å². The number of carbonyl (C=O) groups is 2. The molecule has 2 N–H and O–H groups in total.